The lowest BCUT2D eigenvalue weighted by atomic mass is 9.53. The Hall–Kier alpha value is -8.67. The Kier molecular flexibility index (Phi) is 8.10. The van der Waals surface area contributed by atoms with Crippen LogP contribution in [0.1, 0.15) is 101 Å². The third-order valence-corrected chi connectivity index (χ3v) is 16.2. The van der Waals surface area contributed by atoms with Gasteiger partial charge in [-0.3, -0.25) is 4.57 Å². The molecule has 11 aromatic rings. The van der Waals surface area contributed by atoms with Gasteiger partial charge in [0.2, 0.25) is 0 Å². The van der Waals surface area contributed by atoms with Crippen LogP contribution < -0.4 is 14.5 Å². The number of nitrogens with zero attached hydrogens (tertiary/aromatic N) is 4. The molecular weight excluding hydrogens is 889 g/mol. The summed E-state index contributed by atoms with van der Waals surface area (Å²) >= 11 is 0. The normalized spacial score (nSPS) is 18.9. The minimum atomic E-state index is -0.415. The highest BCUT2D eigenvalue weighted by atomic mass is 16.5. The Morgan fingerprint density at radius 1 is 0.479 bits per heavy atom. The molecule has 4 bridgehead atoms. The molecule has 9 aromatic carbocycles. The average Bonchev–Trinajstić information content (AvgIpc) is 3.35. The van der Waals surface area contributed by atoms with E-state index in [9.17, 15) is 0 Å². The second-order valence-corrected chi connectivity index (χ2v) is 21.1. The summed E-state index contributed by atoms with van der Waals surface area (Å²) in [5, 5.41) is 1.76. The molecule has 1 aliphatic heterocycles. The maximum absolute atomic E-state index is 8.79. The number of aromatic nitrogens is 2. The molecule has 0 spiro atoms. The van der Waals surface area contributed by atoms with E-state index in [1.54, 1.807) is 0 Å². The summed E-state index contributed by atoms with van der Waals surface area (Å²) in [4.78, 5) is 9.85. The zero-order valence-electron chi connectivity index (χ0n) is 45.7. The molecule has 73 heavy (non-hydrogen) atoms. The number of benzene rings is 9. The molecule has 6 aliphatic carbocycles. The van der Waals surface area contributed by atoms with E-state index in [0.29, 0.717) is 23.7 Å². The van der Waals surface area contributed by atoms with Crippen molar-refractivity contribution >= 4 is 44.6 Å². The molecule has 0 fully saturated rings. The van der Waals surface area contributed by atoms with Crippen molar-refractivity contribution in [3.8, 4) is 28.4 Å². The zero-order chi connectivity index (χ0) is 52.9. The molecule has 2 unspecified atom stereocenters. The quantitative estimate of drug-likeness (QED) is 0.166. The van der Waals surface area contributed by atoms with Gasteiger partial charge in [0, 0.05) is 64.1 Å². The molecule has 0 saturated heterocycles. The first kappa shape index (κ1) is 37.2. The number of rotatable bonds is 6. The van der Waals surface area contributed by atoms with Gasteiger partial charge in [0.05, 0.1) is 29.3 Å². The van der Waals surface area contributed by atoms with Crippen molar-refractivity contribution in [1.82, 2.24) is 9.55 Å². The summed E-state index contributed by atoms with van der Waals surface area (Å²) in [6, 6.07) is 66.2. The Bertz CT molecular complexity index is 4270. The molecule has 0 saturated carbocycles. The molecule has 0 N–H and O–H groups in total. The second kappa shape index (κ2) is 15.9. The van der Waals surface area contributed by atoms with Crippen LogP contribution >= 0.6 is 0 Å². The van der Waals surface area contributed by atoms with E-state index in [1.807, 2.05) is 54.7 Å². The van der Waals surface area contributed by atoms with E-state index in [-0.39, 0.29) is 58.8 Å². The van der Waals surface area contributed by atoms with E-state index < -0.39 is 6.04 Å². The van der Waals surface area contributed by atoms with Crippen molar-refractivity contribution in [2.24, 2.45) is 0 Å². The van der Waals surface area contributed by atoms with Crippen LogP contribution in [0.5, 0.6) is 11.5 Å². The van der Waals surface area contributed by atoms with E-state index in [0.717, 1.165) is 50.2 Å². The van der Waals surface area contributed by atoms with E-state index in [2.05, 4.69) is 175 Å². The predicted octanol–water partition coefficient (Wildman–Crippen LogP) is 17.1. The zero-order valence-corrected chi connectivity index (χ0v) is 40.7. The third-order valence-electron chi connectivity index (χ3n) is 16.2. The van der Waals surface area contributed by atoms with Crippen LogP contribution in [0.2, 0.25) is 0 Å². The summed E-state index contributed by atoms with van der Waals surface area (Å²) in [6.07, 6.45) is 1.85. The fourth-order valence-corrected chi connectivity index (χ4v) is 13.1. The number of hydrogen-bond acceptors (Lipinski definition) is 4. The molecule has 0 radical (unpaired) electrons. The van der Waals surface area contributed by atoms with E-state index >= 15 is 0 Å². The molecular formula is C68H52N4O. The number of para-hydroxylation sites is 2. The van der Waals surface area contributed by atoms with Crippen LogP contribution in [0.4, 0.5) is 22.7 Å². The standard InChI is InChI=1S/C68H52N4O/c1-68(2,3)44-35-36-69-62(38-44)72-57-34-31-43(42-17-5-4-6-18-42)37-56(57)48-33-32-47(40-61(48)72)73-46-20-15-19-45(39-46)70-41-71(59-29-14-13-28-58(59)70)60-30-16-27-55-65-53-25-11-12-26-54(53)67(66(55)60)64-51-23-9-7-21-49(51)63(65)50-22-8-10-24-52(50)64/h4-40,63-65,67H,41H2,1-3H3/i4D,5D,6D,17D,18D. The Balaban J connectivity index is 0.818. The Morgan fingerprint density at radius 2 is 1.07 bits per heavy atom. The largest absolute Gasteiger partial charge is 0.457 e. The van der Waals surface area contributed by atoms with Crippen molar-refractivity contribution in [3.05, 3.63) is 275 Å². The van der Waals surface area contributed by atoms with Crippen molar-refractivity contribution < 1.29 is 11.6 Å². The summed E-state index contributed by atoms with van der Waals surface area (Å²) < 4.78 is 51.6. The Labute approximate surface area is 433 Å². The van der Waals surface area contributed by atoms with Crippen molar-refractivity contribution in [2.45, 2.75) is 49.9 Å². The number of hydrogen-bond donors (Lipinski definition) is 0. The van der Waals surface area contributed by atoms with Gasteiger partial charge in [0.1, 0.15) is 24.0 Å². The maximum atomic E-state index is 8.79. The highest BCUT2D eigenvalue weighted by molar-refractivity contribution is 6.10. The second-order valence-electron chi connectivity index (χ2n) is 21.1. The summed E-state index contributed by atoms with van der Waals surface area (Å²) in [5.74, 6) is 2.66. The fourth-order valence-electron chi connectivity index (χ4n) is 13.1. The molecule has 2 aromatic heterocycles. The average molecular weight is 946 g/mol. The summed E-state index contributed by atoms with van der Waals surface area (Å²) in [6.45, 7) is 7.16. The van der Waals surface area contributed by atoms with Crippen LogP contribution in [-0.4, -0.2) is 16.2 Å². The lowest BCUT2D eigenvalue weighted by molar-refractivity contribution is 0.483. The minimum Gasteiger partial charge on any atom is -0.457 e. The van der Waals surface area contributed by atoms with Crippen LogP contribution in [0.3, 0.4) is 0 Å². The van der Waals surface area contributed by atoms with Crippen molar-refractivity contribution in [1.29, 1.82) is 0 Å². The monoisotopic (exact) mass is 945 g/mol. The van der Waals surface area contributed by atoms with Gasteiger partial charge in [-0.15, -0.1) is 0 Å². The lowest BCUT2D eigenvalue weighted by Gasteiger charge is -2.51. The first-order chi connectivity index (χ1) is 37.9. The van der Waals surface area contributed by atoms with E-state index in [1.165, 1.54) is 50.2 Å². The molecule has 7 aliphatic rings. The molecule has 0 amide bonds. The van der Waals surface area contributed by atoms with Gasteiger partial charge in [-0.1, -0.05) is 160 Å². The van der Waals surface area contributed by atoms with Crippen LogP contribution in [0.15, 0.2) is 224 Å². The van der Waals surface area contributed by atoms with Crippen LogP contribution in [0.25, 0.3) is 38.8 Å². The Morgan fingerprint density at radius 3 is 1.77 bits per heavy atom. The number of pyridine rings is 1. The van der Waals surface area contributed by atoms with Crippen molar-refractivity contribution in [2.75, 3.05) is 16.5 Å². The minimum absolute atomic E-state index is 0.101. The highest BCUT2D eigenvalue weighted by Gasteiger charge is 2.51. The fraction of sp³-hybridized carbons (Fsp3) is 0.132. The van der Waals surface area contributed by atoms with Crippen LogP contribution in [-0.2, 0) is 5.41 Å². The van der Waals surface area contributed by atoms with Gasteiger partial charge in [0.25, 0.3) is 0 Å². The topological polar surface area (TPSA) is 33.5 Å². The highest BCUT2D eigenvalue weighted by Crippen LogP contribution is 2.65. The first-order valence-electron chi connectivity index (χ1n) is 27.9. The molecule has 5 heteroatoms. The van der Waals surface area contributed by atoms with Gasteiger partial charge >= 0.3 is 0 Å². The SMILES string of the molecule is [2H]c1c([2H])c([2H])c(-c2ccc3c(c2)c2ccc(Oc4cccc(N5CN(c6cccc7c6C6c8ccccc8C7C7c8ccccc8C6c6ccccc67)c6ccccc65)c4)cc2n3-c2cc(C(C)(C)C)ccn2)c([2H])c1[2H]. The van der Waals surface area contributed by atoms with Gasteiger partial charge in [-0.25, -0.2) is 4.98 Å². The van der Waals surface area contributed by atoms with Gasteiger partial charge < -0.3 is 14.5 Å². The summed E-state index contributed by atoms with van der Waals surface area (Å²) in [7, 11) is 0. The lowest BCUT2D eigenvalue weighted by Crippen LogP contribution is -2.37. The maximum Gasteiger partial charge on any atom is 0.137 e. The van der Waals surface area contributed by atoms with Crippen molar-refractivity contribution in [3.63, 3.8) is 0 Å². The van der Waals surface area contributed by atoms with Crippen LogP contribution in [0, 0.1) is 0 Å². The first-order valence-corrected chi connectivity index (χ1v) is 25.4. The molecule has 5 nitrogen and oxygen atoms in total. The molecule has 350 valence electrons. The summed E-state index contributed by atoms with van der Waals surface area (Å²) in [5.41, 5.74) is 19.5. The number of fused-ring (bicyclic) bond motifs is 4. The predicted molar refractivity (Wildman–Crippen MR) is 298 cm³/mol. The molecule has 18 rings (SSSR count). The molecule has 3 heterocycles. The van der Waals surface area contributed by atoms with Gasteiger partial charge in [-0.05, 0) is 133 Å². The smallest absolute Gasteiger partial charge is 0.137 e. The molecule has 2 atom stereocenters. The third kappa shape index (κ3) is 6.37. The van der Waals surface area contributed by atoms with Gasteiger partial charge in [0.15, 0.2) is 0 Å². The number of ether oxygens (including phenoxy) is 1. The van der Waals surface area contributed by atoms with E-state index in [4.69, 9.17) is 16.6 Å². The van der Waals surface area contributed by atoms with Gasteiger partial charge in [-0.2, -0.15) is 0 Å². The number of anilines is 4.